The standard InChI is InChI=1S/C44H54N10O6/c1-44(11-12-44)60-30-3-5-35-34(23-30)40(49-48-35)36-24-38(46-27-45-36)53-18-16-51(17-19-53)26-31-25-50(20-21-59-31)13-8-28-9-14-52(15-10-28)29-2-4-32-33(22-29)43(58)54(42(32)57)37-6-7-39(55)47-41(37)56/h2-5,22-24,27-28,31,37,41,56H,6-21,25-26H2,1H3,(H,47,55)(H,48,49)/t31-,37?,41?/m0/s1. The van der Waals surface area contributed by atoms with E-state index >= 15 is 0 Å². The molecule has 4 aromatic rings. The number of hydrogen-bond donors (Lipinski definition) is 3. The summed E-state index contributed by atoms with van der Waals surface area (Å²) in [5, 5.41) is 21.6. The summed E-state index contributed by atoms with van der Waals surface area (Å²) in [6, 6.07) is 12.9. The quantitative estimate of drug-likeness (QED) is 0.189. The number of H-pyrrole nitrogens is 1. The van der Waals surface area contributed by atoms with E-state index in [9.17, 15) is 19.5 Å². The van der Waals surface area contributed by atoms with Crippen LogP contribution in [0.25, 0.3) is 22.3 Å². The summed E-state index contributed by atoms with van der Waals surface area (Å²) >= 11 is 0. The molecule has 0 bridgehead atoms. The van der Waals surface area contributed by atoms with Crippen molar-refractivity contribution < 1.29 is 29.0 Å². The Morgan fingerprint density at radius 1 is 0.883 bits per heavy atom. The van der Waals surface area contributed by atoms with Gasteiger partial charge in [0, 0.05) is 82.5 Å². The number of rotatable bonds is 11. The van der Waals surface area contributed by atoms with Gasteiger partial charge in [0.15, 0.2) is 0 Å². The Hall–Kier alpha value is -5.16. The smallest absolute Gasteiger partial charge is 0.262 e. The third-order valence-corrected chi connectivity index (χ3v) is 13.5. The summed E-state index contributed by atoms with van der Waals surface area (Å²) in [6.07, 6.45) is 6.44. The first-order valence-electron chi connectivity index (χ1n) is 21.7. The van der Waals surface area contributed by atoms with Crippen molar-refractivity contribution in [2.24, 2.45) is 5.92 Å². The minimum Gasteiger partial charge on any atom is -0.488 e. The van der Waals surface area contributed by atoms with Crippen LogP contribution in [0.3, 0.4) is 0 Å². The normalized spacial score (nSPS) is 25.2. The maximum absolute atomic E-state index is 13.4. The number of anilines is 2. The van der Waals surface area contributed by atoms with E-state index in [1.807, 2.05) is 30.3 Å². The van der Waals surface area contributed by atoms with Crippen molar-refractivity contribution in [2.45, 2.75) is 75.8 Å². The number of fused-ring (bicyclic) bond motifs is 2. The van der Waals surface area contributed by atoms with Crippen LogP contribution in [0.15, 0.2) is 48.8 Å². The maximum atomic E-state index is 13.4. The molecule has 5 aliphatic heterocycles. The Morgan fingerprint density at radius 2 is 1.70 bits per heavy atom. The molecular formula is C44H54N10O6. The van der Waals surface area contributed by atoms with Crippen LogP contribution in [0.4, 0.5) is 11.5 Å². The van der Waals surface area contributed by atoms with E-state index in [1.54, 1.807) is 12.4 Å². The van der Waals surface area contributed by atoms with Crippen molar-refractivity contribution in [3.05, 3.63) is 59.9 Å². The summed E-state index contributed by atoms with van der Waals surface area (Å²) in [7, 11) is 0. The number of ether oxygens (including phenoxy) is 2. The number of carbonyl (C=O) groups excluding carboxylic acids is 3. The van der Waals surface area contributed by atoms with Gasteiger partial charge in [-0.05, 0) is 94.3 Å². The average Bonchev–Trinajstić information content (AvgIpc) is 3.75. The Kier molecular flexibility index (Phi) is 10.4. The number of carbonyl (C=O) groups is 3. The van der Waals surface area contributed by atoms with Crippen LogP contribution in [0.5, 0.6) is 5.75 Å². The highest BCUT2D eigenvalue weighted by Crippen LogP contribution is 2.41. The summed E-state index contributed by atoms with van der Waals surface area (Å²) in [5.74, 6) is 1.31. The van der Waals surface area contributed by atoms with Crippen LogP contribution in [-0.4, -0.2) is 154 Å². The zero-order valence-electron chi connectivity index (χ0n) is 34.2. The molecule has 7 heterocycles. The van der Waals surface area contributed by atoms with Gasteiger partial charge in [-0.25, -0.2) is 9.97 Å². The third kappa shape index (κ3) is 7.93. The first-order chi connectivity index (χ1) is 29.2. The summed E-state index contributed by atoms with van der Waals surface area (Å²) < 4.78 is 12.5. The fourth-order valence-corrected chi connectivity index (χ4v) is 9.64. The van der Waals surface area contributed by atoms with Crippen LogP contribution in [0, 0.1) is 5.92 Å². The molecule has 2 unspecified atom stereocenters. The van der Waals surface area contributed by atoms with Crippen molar-refractivity contribution in [1.82, 2.24) is 40.2 Å². The fourth-order valence-electron chi connectivity index (χ4n) is 9.64. The number of aromatic amines is 1. The highest BCUT2D eigenvalue weighted by Gasteiger charge is 2.45. The number of aliphatic hydroxyl groups excluding tert-OH is 1. The highest BCUT2D eigenvalue weighted by molar-refractivity contribution is 6.22. The van der Waals surface area contributed by atoms with Crippen molar-refractivity contribution in [3.8, 4) is 17.1 Å². The minimum absolute atomic E-state index is 0.0503. The monoisotopic (exact) mass is 818 g/mol. The van der Waals surface area contributed by atoms with Crippen LogP contribution in [0.2, 0.25) is 0 Å². The second kappa shape index (κ2) is 16.0. The van der Waals surface area contributed by atoms with Gasteiger partial charge in [0.2, 0.25) is 5.91 Å². The predicted molar refractivity (Wildman–Crippen MR) is 224 cm³/mol. The molecule has 10 rings (SSSR count). The maximum Gasteiger partial charge on any atom is 0.262 e. The molecule has 3 N–H and O–H groups in total. The number of aromatic nitrogens is 4. The molecule has 0 radical (unpaired) electrons. The van der Waals surface area contributed by atoms with Crippen LogP contribution in [-0.2, 0) is 9.53 Å². The molecule has 316 valence electrons. The van der Waals surface area contributed by atoms with E-state index in [1.165, 1.54) is 0 Å². The molecule has 16 nitrogen and oxygen atoms in total. The minimum atomic E-state index is -1.26. The van der Waals surface area contributed by atoms with Gasteiger partial charge < -0.3 is 29.7 Å². The van der Waals surface area contributed by atoms with Gasteiger partial charge >= 0.3 is 0 Å². The molecule has 3 atom stereocenters. The fraction of sp³-hybridized carbons (Fsp3) is 0.545. The SMILES string of the molecule is CC1(Oc2ccc3[nH]nc(-c4cc(N5CCN(C[C@@H]6CN(CCC7CCN(c8ccc9c(c8)C(=O)N(C8CCC(=O)NC8O)C9=O)CC7)CCO6)CC5)ncn4)c3c2)CC1. The number of benzene rings is 2. The lowest BCUT2D eigenvalue weighted by atomic mass is 9.92. The first kappa shape index (κ1) is 39.0. The van der Waals surface area contributed by atoms with E-state index < -0.39 is 24.1 Å². The molecule has 6 aliphatic rings. The topological polar surface area (TPSA) is 173 Å². The van der Waals surface area contributed by atoms with Crippen molar-refractivity contribution in [3.63, 3.8) is 0 Å². The lowest BCUT2D eigenvalue weighted by Crippen LogP contribution is -2.57. The van der Waals surface area contributed by atoms with E-state index in [0.717, 1.165) is 149 Å². The van der Waals surface area contributed by atoms with Gasteiger partial charge in [-0.2, -0.15) is 5.10 Å². The number of aliphatic hydroxyl groups is 1. The first-order valence-corrected chi connectivity index (χ1v) is 21.7. The summed E-state index contributed by atoms with van der Waals surface area (Å²) in [4.78, 5) is 58.4. The number of nitrogens with one attached hydrogen (secondary N) is 2. The largest absolute Gasteiger partial charge is 0.488 e. The zero-order chi connectivity index (χ0) is 41.0. The van der Waals surface area contributed by atoms with Gasteiger partial charge in [-0.1, -0.05) is 0 Å². The molecule has 4 saturated heterocycles. The zero-order valence-corrected chi connectivity index (χ0v) is 34.2. The molecule has 1 aliphatic carbocycles. The lowest BCUT2D eigenvalue weighted by Gasteiger charge is -2.40. The van der Waals surface area contributed by atoms with E-state index in [-0.39, 0.29) is 30.5 Å². The third-order valence-electron chi connectivity index (χ3n) is 13.5. The summed E-state index contributed by atoms with van der Waals surface area (Å²) in [6.45, 7) is 12.2. The number of piperazine rings is 1. The van der Waals surface area contributed by atoms with Crippen LogP contribution in [0.1, 0.15) is 72.6 Å². The Labute approximate surface area is 349 Å². The van der Waals surface area contributed by atoms with Crippen LogP contribution < -0.4 is 19.9 Å². The molecule has 60 heavy (non-hydrogen) atoms. The second-order valence-corrected chi connectivity index (χ2v) is 17.7. The average molecular weight is 819 g/mol. The number of hydrogen-bond acceptors (Lipinski definition) is 13. The molecule has 0 spiro atoms. The molecule has 3 amide bonds. The second-order valence-electron chi connectivity index (χ2n) is 17.7. The van der Waals surface area contributed by atoms with Crippen molar-refractivity contribution in [2.75, 3.05) is 81.9 Å². The molecule has 16 heteroatoms. The van der Waals surface area contributed by atoms with Crippen molar-refractivity contribution >= 4 is 40.1 Å². The van der Waals surface area contributed by atoms with Crippen molar-refractivity contribution in [1.29, 1.82) is 0 Å². The molecule has 2 aromatic carbocycles. The van der Waals surface area contributed by atoms with Gasteiger partial charge in [-0.3, -0.25) is 34.2 Å². The highest BCUT2D eigenvalue weighted by atomic mass is 16.5. The van der Waals surface area contributed by atoms with Gasteiger partial charge in [-0.15, -0.1) is 0 Å². The van der Waals surface area contributed by atoms with Gasteiger partial charge in [0.25, 0.3) is 11.8 Å². The van der Waals surface area contributed by atoms with Crippen LogP contribution >= 0.6 is 0 Å². The van der Waals surface area contributed by atoms with E-state index in [4.69, 9.17) is 9.47 Å². The van der Waals surface area contributed by atoms with E-state index in [2.05, 4.69) is 58.1 Å². The Morgan fingerprint density at radius 3 is 2.50 bits per heavy atom. The number of amides is 3. The number of piperidine rings is 2. The molecule has 2 aromatic heterocycles. The lowest BCUT2D eigenvalue weighted by molar-refractivity contribution is -0.129. The van der Waals surface area contributed by atoms with Gasteiger partial charge in [0.05, 0.1) is 41.1 Å². The Balaban J connectivity index is 0.673. The van der Waals surface area contributed by atoms with Gasteiger partial charge in [0.1, 0.15) is 35.4 Å². The molecule has 5 fully saturated rings. The predicted octanol–water partition coefficient (Wildman–Crippen LogP) is 3.27. The number of imide groups is 1. The Bertz CT molecular complexity index is 2260. The molecular weight excluding hydrogens is 765 g/mol. The van der Waals surface area contributed by atoms with E-state index in [0.29, 0.717) is 17.0 Å². The summed E-state index contributed by atoms with van der Waals surface area (Å²) in [5.41, 5.74) is 4.17. The number of morpholine rings is 1. The molecule has 1 saturated carbocycles. The number of nitrogens with zero attached hydrogens (tertiary/aromatic N) is 8.